The van der Waals surface area contributed by atoms with Crippen LogP contribution in [0.15, 0.2) is 0 Å². The van der Waals surface area contributed by atoms with Crippen LogP contribution in [0.4, 0.5) is 0 Å². The molecule has 0 saturated heterocycles. The molecule has 0 radical (unpaired) electrons. The minimum atomic E-state index is -0.366. The molecule has 0 bridgehead atoms. The molecule has 1 fully saturated rings. The third kappa shape index (κ3) is 7.87. The first kappa shape index (κ1) is 18.3. The molecule has 0 heterocycles. The minimum absolute atomic E-state index is 0.366. The Morgan fingerprint density at radius 1 is 1.30 bits per heavy atom. The molecule has 1 rings (SSSR count). The monoisotopic (exact) mass is 303 g/mol. The zero-order valence-electron chi connectivity index (χ0n) is 13.3. The summed E-state index contributed by atoms with van der Waals surface area (Å²) in [5.74, 6) is 1.93. The zero-order valence-corrected chi connectivity index (χ0v) is 14.1. The van der Waals surface area contributed by atoms with E-state index in [2.05, 4.69) is 18.5 Å². The first-order chi connectivity index (χ1) is 9.77. The Bertz CT molecular complexity index is 229. The lowest BCUT2D eigenvalue weighted by atomic mass is 9.85. The van der Waals surface area contributed by atoms with Gasteiger partial charge >= 0.3 is 0 Å². The minimum Gasteiger partial charge on any atom is -0.389 e. The van der Waals surface area contributed by atoms with Crippen LogP contribution in [0.5, 0.6) is 0 Å². The number of hydrogen-bond acceptors (Lipinski definition) is 4. The van der Waals surface area contributed by atoms with Crippen molar-refractivity contribution < 1.29 is 9.84 Å². The quantitative estimate of drug-likeness (QED) is 0.576. The van der Waals surface area contributed by atoms with Crippen LogP contribution >= 0.6 is 11.8 Å². The van der Waals surface area contributed by atoms with Crippen LogP contribution < -0.4 is 5.32 Å². The summed E-state index contributed by atoms with van der Waals surface area (Å²) in [4.78, 5) is 0. The zero-order chi connectivity index (χ0) is 14.6. The third-order valence-electron chi connectivity index (χ3n) is 4.20. The molecule has 1 saturated carbocycles. The first-order valence-corrected chi connectivity index (χ1v) is 9.66. The Morgan fingerprint density at radius 2 is 2.10 bits per heavy atom. The highest BCUT2D eigenvalue weighted by Gasteiger charge is 2.24. The van der Waals surface area contributed by atoms with E-state index in [4.69, 9.17) is 4.74 Å². The largest absolute Gasteiger partial charge is 0.389 e. The van der Waals surface area contributed by atoms with E-state index in [1.54, 1.807) is 0 Å². The Kier molecular flexibility index (Phi) is 10.8. The van der Waals surface area contributed by atoms with Gasteiger partial charge in [-0.15, -0.1) is 0 Å². The first-order valence-electron chi connectivity index (χ1n) is 8.27. The summed E-state index contributed by atoms with van der Waals surface area (Å²) in [7, 11) is 0. The average molecular weight is 304 g/mol. The van der Waals surface area contributed by atoms with E-state index in [1.807, 2.05) is 11.8 Å². The summed E-state index contributed by atoms with van der Waals surface area (Å²) in [6.45, 7) is 4.39. The van der Waals surface area contributed by atoms with Gasteiger partial charge < -0.3 is 15.2 Å². The van der Waals surface area contributed by atoms with Crippen molar-refractivity contribution in [1.82, 2.24) is 5.32 Å². The molecule has 4 heteroatoms. The number of aliphatic hydroxyl groups excluding tert-OH is 1. The van der Waals surface area contributed by atoms with Crippen molar-refractivity contribution in [2.45, 2.75) is 64.1 Å². The van der Waals surface area contributed by atoms with Crippen molar-refractivity contribution in [3.05, 3.63) is 0 Å². The Balaban J connectivity index is 2.02. The van der Waals surface area contributed by atoms with Gasteiger partial charge in [0.25, 0.3) is 0 Å². The number of unbranched alkanes of at least 4 members (excludes halogenated alkanes) is 1. The lowest BCUT2D eigenvalue weighted by Crippen LogP contribution is -2.35. The second kappa shape index (κ2) is 11.8. The molecule has 3 atom stereocenters. The van der Waals surface area contributed by atoms with Gasteiger partial charge in [-0.1, -0.05) is 26.2 Å². The number of hydrogen-bond donors (Lipinski definition) is 2. The van der Waals surface area contributed by atoms with Gasteiger partial charge in [-0.2, -0.15) is 11.8 Å². The SMILES string of the molecule is CCC1CCCCC1OCC(O)CNCCCCSC. The number of rotatable bonds is 11. The van der Waals surface area contributed by atoms with Gasteiger partial charge in [0.2, 0.25) is 0 Å². The van der Waals surface area contributed by atoms with Crippen LogP contribution in [0.2, 0.25) is 0 Å². The molecule has 0 aromatic heterocycles. The van der Waals surface area contributed by atoms with E-state index in [0.29, 0.717) is 25.2 Å². The predicted molar refractivity (Wildman–Crippen MR) is 88.5 cm³/mol. The smallest absolute Gasteiger partial charge is 0.0897 e. The molecule has 0 amide bonds. The number of ether oxygens (including phenoxy) is 1. The van der Waals surface area contributed by atoms with Gasteiger partial charge in [-0.25, -0.2) is 0 Å². The van der Waals surface area contributed by atoms with Crippen LogP contribution in [0.1, 0.15) is 51.9 Å². The summed E-state index contributed by atoms with van der Waals surface area (Å²) < 4.78 is 5.95. The van der Waals surface area contributed by atoms with Crippen LogP contribution in [0, 0.1) is 5.92 Å². The van der Waals surface area contributed by atoms with Crippen molar-refractivity contribution in [3.63, 3.8) is 0 Å². The van der Waals surface area contributed by atoms with Crippen LogP contribution in [0.3, 0.4) is 0 Å². The Hall–Kier alpha value is 0.230. The molecule has 20 heavy (non-hydrogen) atoms. The molecule has 0 aromatic rings. The highest BCUT2D eigenvalue weighted by molar-refractivity contribution is 7.98. The summed E-state index contributed by atoms with van der Waals surface area (Å²) in [6.07, 6.45) is 10.9. The summed E-state index contributed by atoms with van der Waals surface area (Å²) in [5, 5.41) is 13.3. The topological polar surface area (TPSA) is 41.5 Å². The fourth-order valence-corrected chi connectivity index (χ4v) is 3.41. The van der Waals surface area contributed by atoms with E-state index in [1.165, 1.54) is 50.7 Å². The molecule has 1 aliphatic carbocycles. The van der Waals surface area contributed by atoms with E-state index < -0.39 is 0 Å². The molecule has 3 nitrogen and oxygen atoms in total. The van der Waals surface area contributed by atoms with E-state index in [0.717, 1.165) is 6.54 Å². The fraction of sp³-hybridized carbons (Fsp3) is 1.00. The standard InChI is InChI=1S/C16H33NO2S/c1-3-14-8-4-5-9-16(14)19-13-15(18)12-17-10-6-7-11-20-2/h14-18H,3-13H2,1-2H3. The Morgan fingerprint density at radius 3 is 2.85 bits per heavy atom. The second-order valence-electron chi connectivity index (χ2n) is 5.88. The molecule has 2 N–H and O–H groups in total. The van der Waals surface area contributed by atoms with Crippen LogP contribution in [-0.2, 0) is 4.74 Å². The molecule has 0 aliphatic heterocycles. The summed E-state index contributed by atoms with van der Waals surface area (Å²) >= 11 is 1.89. The van der Waals surface area contributed by atoms with Gasteiger partial charge in [0.05, 0.1) is 18.8 Å². The third-order valence-corrected chi connectivity index (χ3v) is 4.90. The fourth-order valence-electron chi connectivity index (χ4n) is 2.92. The van der Waals surface area contributed by atoms with E-state index in [9.17, 15) is 5.11 Å². The maximum absolute atomic E-state index is 9.95. The van der Waals surface area contributed by atoms with Crippen molar-refractivity contribution in [2.24, 2.45) is 5.92 Å². The van der Waals surface area contributed by atoms with Crippen LogP contribution in [0.25, 0.3) is 0 Å². The van der Waals surface area contributed by atoms with Gasteiger partial charge in [-0.05, 0) is 50.2 Å². The highest BCUT2D eigenvalue weighted by Crippen LogP contribution is 2.29. The maximum atomic E-state index is 9.95. The molecular formula is C16H33NO2S. The maximum Gasteiger partial charge on any atom is 0.0897 e. The van der Waals surface area contributed by atoms with Crippen molar-refractivity contribution in [3.8, 4) is 0 Å². The van der Waals surface area contributed by atoms with Gasteiger partial charge in [0.15, 0.2) is 0 Å². The number of thioether (sulfide) groups is 1. The van der Waals surface area contributed by atoms with Gasteiger partial charge in [-0.3, -0.25) is 0 Å². The van der Waals surface area contributed by atoms with Gasteiger partial charge in [0.1, 0.15) is 0 Å². The van der Waals surface area contributed by atoms with E-state index >= 15 is 0 Å². The van der Waals surface area contributed by atoms with Crippen LogP contribution in [-0.4, -0.2) is 49.0 Å². The molecular weight excluding hydrogens is 270 g/mol. The number of aliphatic hydroxyl groups is 1. The molecule has 0 spiro atoms. The molecule has 1 aliphatic rings. The molecule has 0 aromatic carbocycles. The average Bonchev–Trinajstić information content (AvgIpc) is 2.49. The lowest BCUT2D eigenvalue weighted by Gasteiger charge is -2.31. The number of nitrogens with one attached hydrogen (secondary N) is 1. The molecule has 3 unspecified atom stereocenters. The van der Waals surface area contributed by atoms with Gasteiger partial charge in [0, 0.05) is 6.54 Å². The van der Waals surface area contributed by atoms with Crippen molar-refractivity contribution in [1.29, 1.82) is 0 Å². The normalized spacial score (nSPS) is 24.8. The summed E-state index contributed by atoms with van der Waals surface area (Å²) in [5.41, 5.74) is 0. The molecule has 120 valence electrons. The van der Waals surface area contributed by atoms with Crippen molar-refractivity contribution in [2.75, 3.05) is 31.7 Å². The van der Waals surface area contributed by atoms with E-state index in [-0.39, 0.29) is 6.10 Å². The predicted octanol–water partition coefficient (Wildman–Crippen LogP) is 3.07. The van der Waals surface area contributed by atoms with Crippen molar-refractivity contribution >= 4 is 11.8 Å². The Labute approximate surface area is 129 Å². The second-order valence-corrected chi connectivity index (χ2v) is 6.87. The summed E-state index contributed by atoms with van der Waals surface area (Å²) in [6, 6.07) is 0. The highest BCUT2D eigenvalue weighted by atomic mass is 32.2. The lowest BCUT2D eigenvalue weighted by molar-refractivity contribution is -0.0498.